The minimum absolute atomic E-state index is 0.00655. The van der Waals surface area contributed by atoms with Crippen LogP contribution in [0.2, 0.25) is 0 Å². The van der Waals surface area contributed by atoms with E-state index in [4.69, 9.17) is 20.3 Å². The minimum atomic E-state index is -2.22. The van der Waals surface area contributed by atoms with E-state index in [1.54, 1.807) is 0 Å². The van der Waals surface area contributed by atoms with Gasteiger partial charge in [0.2, 0.25) is 0 Å². The molecule has 1 fully saturated rings. The Morgan fingerprint density at radius 1 is 1.42 bits per heavy atom. The molecule has 0 aromatic heterocycles. The number of aliphatic hydroxyl groups excluding tert-OH is 4. The zero-order valence-corrected chi connectivity index (χ0v) is 11.6. The van der Waals surface area contributed by atoms with Crippen molar-refractivity contribution in [1.82, 2.24) is 0 Å². The first kappa shape index (κ1) is 17.0. The number of rotatable bonds is 4. The second-order valence-electron chi connectivity index (χ2n) is 4.11. The monoisotopic (exact) mass is 315 g/mol. The fourth-order valence-corrected chi connectivity index (χ4v) is 2.03. The van der Waals surface area contributed by atoms with Gasteiger partial charge < -0.3 is 35.6 Å². The van der Waals surface area contributed by atoms with E-state index < -0.39 is 48.2 Å². The Labute approximate surface area is 120 Å². The van der Waals surface area contributed by atoms with Crippen LogP contribution in [0.1, 0.15) is 0 Å². The molecule has 0 radical (unpaired) electrons. The molecule has 0 aromatic rings. The highest BCUT2D eigenvalue weighted by atomic mass is 32.1. The standard InChI is InChI=1S/C9H17NO7S2/c10-3(2-18)8(15)17-9(19)7(14)6(13)5(12)4(1-11)16-9/h3-7,11-14,18-19H,1-2,10H2/t3-,4+,5+,6-,7+,9+/m0/s1. The van der Waals surface area contributed by atoms with Crippen molar-refractivity contribution in [2.45, 2.75) is 35.6 Å². The summed E-state index contributed by atoms with van der Waals surface area (Å²) in [7, 11) is 0. The van der Waals surface area contributed by atoms with Crippen molar-refractivity contribution >= 4 is 31.2 Å². The summed E-state index contributed by atoms with van der Waals surface area (Å²) in [6.07, 6.45) is -6.33. The highest BCUT2D eigenvalue weighted by molar-refractivity contribution is 7.81. The van der Waals surface area contributed by atoms with Gasteiger partial charge in [0.1, 0.15) is 24.4 Å². The van der Waals surface area contributed by atoms with Crippen molar-refractivity contribution in [2.24, 2.45) is 5.73 Å². The molecule has 112 valence electrons. The molecule has 10 heteroatoms. The molecule has 0 bridgehead atoms. The van der Waals surface area contributed by atoms with Crippen LogP contribution < -0.4 is 5.73 Å². The fraction of sp³-hybridized carbons (Fsp3) is 0.889. The van der Waals surface area contributed by atoms with Gasteiger partial charge in [-0.15, -0.1) is 0 Å². The van der Waals surface area contributed by atoms with Crippen molar-refractivity contribution < 1.29 is 34.7 Å². The maximum Gasteiger partial charge on any atom is 0.327 e. The van der Waals surface area contributed by atoms with Gasteiger partial charge in [0.15, 0.2) is 6.10 Å². The number of thiol groups is 2. The van der Waals surface area contributed by atoms with E-state index >= 15 is 0 Å². The third-order valence-corrected chi connectivity index (χ3v) is 3.53. The Bertz CT molecular complexity index is 332. The van der Waals surface area contributed by atoms with E-state index in [0.717, 1.165) is 0 Å². The molecule has 1 aliphatic heterocycles. The Hall–Kier alpha value is -0.0700. The fourth-order valence-electron chi connectivity index (χ4n) is 1.50. The Morgan fingerprint density at radius 3 is 2.47 bits per heavy atom. The number of carbonyl (C=O) groups is 1. The molecular formula is C9H17NO7S2. The quantitative estimate of drug-likeness (QED) is 0.164. The van der Waals surface area contributed by atoms with Crippen LogP contribution in [0.5, 0.6) is 0 Å². The summed E-state index contributed by atoms with van der Waals surface area (Å²) in [4.78, 5) is 11.5. The number of esters is 1. The van der Waals surface area contributed by atoms with Crippen molar-refractivity contribution in [3.63, 3.8) is 0 Å². The highest BCUT2D eigenvalue weighted by Crippen LogP contribution is 2.34. The summed E-state index contributed by atoms with van der Waals surface area (Å²) in [5.41, 5.74) is 5.38. The van der Waals surface area contributed by atoms with Crippen LogP contribution >= 0.6 is 25.3 Å². The molecule has 1 aliphatic rings. The van der Waals surface area contributed by atoms with Gasteiger partial charge in [-0.2, -0.15) is 12.6 Å². The van der Waals surface area contributed by atoms with E-state index in [-0.39, 0.29) is 5.75 Å². The normalized spacial score (nSPS) is 40.8. The average Bonchev–Trinajstić information content (AvgIpc) is 2.39. The van der Waals surface area contributed by atoms with E-state index in [1.807, 2.05) is 0 Å². The summed E-state index contributed by atoms with van der Waals surface area (Å²) in [5.74, 6) is -0.961. The molecule has 6 N–H and O–H groups in total. The van der Waals surface area contributed by atoms with Crippen LogP contribution in [0.15, 0.2) is 0 Å². The van der Waals surface area contributed by atoms with Crippen LogP contribution in [0.3, 0.4) is 0 Å². The number of aliphatic hydroxyl groups is 4. The van der Waals surface area contributed by atoms with Gasteiger partial charge in [0, 0.05) is 5.75 Å². The van der Waals surface area contributed by atoms with Crippen LogP contribution in [0.25, 0.3) is 0 Å². The van der Waals surface area contributed by atoms with Crippen molar-refractivity contribution in [1.29, 1.82) is 0 Å². The predicted octanol–water partition coefficient (Wildman–Crippen LogP) is -3.16. The first-order valence-electron chi connectivity index (χ1n) is 5.41. The topological polar surface area (TPSA) is 142 Å². The predicted molar refractivity (Wildman–Crippen MR) is 69.6 cm³/mol. The third-order valence-electron chi connectivity index (χ3n) is 2.67. The maximum absolute atomic E-state index is 11.5. The first-order chi connectivity index (χ1) is 8.76. The summed E-state index contributed by atoms with van der Waals surface area (Å²) in [6, 6.07) is -1.07. The average molecular weight is 315 g/mol. The molecule has 1 saturated heterocycles. The van der Waals surface area contributed by atoms with E-state index in [1.165, 1.54) is 0 Å². The van der Waals surface area contributed by atoms with E-state index in [2.05, 4.69) is 25.3 Å². The van der Waals surface area contributed by atoms with Crippen LogP contribution in [-0.4, -0.2) is 74.3 Å². The lowest BCUT2D eigenvalue weighted by atomic mass is 9.99. The highest BCUT2D eigenvalue weighted by Gasteiger charge is 2.54. The molecule has 0 unspecified atom stereocenters. The summed E-state index contributed by atoms with van der Waals surface area (Å²) >= 11 is 7.66. The smallest absolute Gasteiger partial charge is 0.327 e. The lowest BCUT2D eigenvalue weighted by Gasteiger charge is -2.44. The first-order valence-corrected chi connectivity index (χ1v) is 6.49. The molecule has 0 amide bonds. The number of hydrogen-bond donors (Lipinski definition) is 7. The van der Waals surface area contributed by atoms with Crippen LogP contribution in [-0.2, 0) is 14.3 Å². The number of carbonyl (C=O) groups excluding carboxylic acids is 1. The Balaban J connectivity index is 2.86. The molecule has 1 rings (SSSR count). The summed E-state index contributed by atoms with van der Waals surface area (Å²) in [6.45, 7) is -0.663. The van der Waals surface area contributed by atoms with Gasteiger partial charge in [0.25, 0.3) is 5.12 Å². The molecule has 0 saturated carbocycles. The van der Waals surface area contributed by atoms with Crippen molar-refractivity contribution in [3.05, 3.63) is 0 Å². The van der Waals surface area contributed by atoms with Crippen LogP contribution in [0.4, 0.5) is 0 Å². The molecular weight excluding hydrogens is 298 g/mol. The maximum atomic E-state index is 11.5. The molecule has 6 atom stereocenters. The molecule has 0 aromatic carbocycles. The second-order valence-corrected chi connectivity index (χ2v) is 5.09. The molecule has 0 aliphatic carbocycles. The molecule has 19 heavy (non-hydrogen) atoms. The third kappa shape index (κ3) is 3.52. The van der Waals surface area contributed by atoms with Gasteiger partial charge >= 0.3 is 5.97 Å². The number of nitrogens with two attached hydrogens (primary N) is 1. The van der Waals surface area contributed by atoms with E-state index in [9.17, 15) is 20.1 Å². The number of ether oxygens (including phenoxy) is 2. The van der Waals surface area contributed by atoms with Gasteiger partial charge in [0.05, 0.1) is 6.61 Å². The summed E-state index contributed by atoms with van der Waals surface area (Å²) < 4.78 is 9.81. The zero-order chi connectivity index (χ0) is 14.8. The largest absolute Gasteiger partial charge is 0.419 e. The van der Waals surface area contributed by atoms with E-state index in [0.29, 0.717) is 0 Å². The summed E-state index contributed by atoms with van der Waals surface area (Å²) in [5, 5.41) is 35.7. The Morgan fingerprint density at radius 2 is 2.00 bits per heavy atom. The zero-order valence-electron chi connectivity index (χ0n) is 9.79. The van der Waals surface area contributed by atoms with Crippen molar-refractivity contribution in [3.8, 4) is 0 Å². The lowest BCUT2D eigenvalue weighted by molar-refractivity contribution is -0.309. The molecule has 8 nitrogen and oxygen atoms in total. The SMILES string of the molecule is N[C@@H](CS)C(=O)O[C@]1(S)O[C@H](CO)[C@@H](O)[C@H](O)[C@H]1O. The minimum Gasteiger partial charge on any atom is -0.419 e. The van der Waals surface area contributed by atoms with Gasteiger partial charge in [-0.1, -0.05) is 12.6 Å². The Kier molecular flexibility index (Phi) is 5.89. The number of hydrogen-bond acceptors (Lipinski definition) is 10. The van der Waals surface area contributed by atoms with Gasteiger partial charge in [-0.05, 0) is 0 Å². The lowest BCUT2D eigenvalue weighted by Crippen LogP contribution is -2.64. The van der Waals surface area contributed by atoms with Gasteiger partial charge in [-0.3, -0.25) is 4.79 Å². The van der Waals surface area contributed by atoms with Crippen molar-refractivity contribution in [2.75, 3.05) is 12.4 Å². The second kappa shape index (κ2) is 6.59. The van der Waals surface area contributed by atoms with Gasteiger partial charge in [-0.25, -0.2) is 0 Å². The van der Waals surface area contributed by atoms with Crippen LogP contribution in [0, 0.1) is 0 Å². The molecule has 1 heterocycles. The molecule has 0 spiro atoms.